The fraction of sp³-hybridized carbons (Fsp3) is 0.350. The molecule has 0 atom stereocenters. The van der Waals surface area contributed by atoms with Crippen molar-refractivity contribution in [1.29, 1.82) is 0 Å². The van der Waals surface area contributed by atoms with Crippen molar-refractivity contribution in [3.63, 3.8) is 0 Å². The topological polar surface area (TPSA) is 91.0 Å². The molecule has 0 spiro atoms. The van der Waals surface area contributed by atoms with Gasteiger partial charge in [-0.2, -0.15) is 0 Å². The zero-order chi connectivity index (χ0) is 19.5. The lowest BCUT2D eigenvalue weighted by atomic mass is 9.94. The number of ether oxygens (including phenoxy) is 2. The molecule has 0 saturated heterocycles. The Kier molecular flexibility index (Phi) is 5.65. The van der Waals surface area contributed by atoms with E-state index in [9.17, 15) is 9.59 Å². The number of nitrogens with two attached hydrogens (primary N) is 1. The minimum atomic E-state index is -0.918. The van der Waals surface area contributed by atoms with E-state index in [0.29, 0.717) is 17.2 Å². The summed E-state index contributed by atoms with van der Waals surface area (Å²) in [5.41, 5.74) is 6.88. The quantitative estimate of drug-likeness (QED) is 0.388. The molecule has 2 rings (SSSR count). The summed E-state index contributed by atoms with van der Waals surface area (Å²) in [6.45, 7) is 9.62. The average Bonchev–Trinajstić information content (AvgIpc) is 2.93. The van der Waals surface area contributed by atoms with Gasteiger partial charge >= 0.3 is 5.97 Å². The molecule has 0 bridgehead atoms. The Hall–Kier alpha value is -2.89. The van der Waals surface area contributed by atoms with Crippen molar-refractivity contribution in [2.75, 3.05) is 6.61 Å². The van der Waals surface area contributed by atoms with Gasteiger partial charge < -0.3 is 15.2 Å². The van der Waals surface area contributed by atoms with Crippen LogP contribution in [-0.4, -0.2) is 24.2 Å². The second kappa shape index (κ2) is 7.56. The third-order valence-corrected chi connectivity index (χ3v) is 3.69. The molecular weight excluding hydrogens is 332 g/mol. The summed E-state index contributed by atoms with van der Waals surface area (Å²) < 4.78 is 10.8. The van der Waals surface area contributed by atoms with Crippen LogP contribution in [0.4, 0.5) is 5.69 Å². The maximum Gasteiger partial charge on any atom is 0.347 e. The van der Waals surface area contributed by atoms with Gasteiger partial charge in [0.25, 0.3) is 5.91 Å². The smallest absolute Gasteiger partial charge is 0.347 e. The van der Waals surface area contributed by atoms with Gasteiger partial charge in [-0.1, -0.05) is 38.5 Å². The van der Waals surface area contributed by atoms with Gasteiger partial charge in [0, 0.05) is 11.5 Å². The van der Waals surface area contributed by atoms with Crippen molar-refractivity contribution < 1.29 is 19.1 Å². The van der Waals surface area contributed by atoms with Crippen LogP contribution in [0.2, 0.25) is 0 Å². The summed E-state index contributed by atoms with van der Waals surface area (Å²) in [7, 11) is 0. The first-order valence-corrected chi connectivity index (χ1v) is 8.40. The van der Waals surface area contributed by atoms with Gasteiger partial charge in [0.1, 0.15) is 11.5 Å². The Morgan fingerprint density at radius 2 is 1.81 bits per heavy atom. The number of aryl methyl sites for hydroxylation is 1. The first kappa shape index (κ1) is 19.4. The largest absolute Gasteiger partial charge is 0.462 e. The van der Waals surface area contributed by atoms with Crippen LogP contribution < -0.4 is 5.73 Å². The van der Waals surface area contributed by atoms with E-state index in [0.717, 1.165) is 5.56 Å². The zero-order valence-corrected chi connectivity index (χ0v) is 15.8. The van der Waals surface area contributed by atoms with Gasteiger partial charge in [-0.15, -0.1) is 0 Å². The second-order valence-corrected chi connectivity index (χ2v) is 6.98. The monoisotopic (exact) mass is 356 g/mol. The summed E-state index contributed by atoms with van der Waals surface area (Å²) in [6.07, 6.45) is 1.72. The number of primary amides is 1. The van der Waals surface area contributed by atoms with Crippen LogP contribution in [0.3, 0.4) is 0 Å². The molecule has 1 aliphatic heterocycles. The number of aliphatic imine (C=N–C) groups is 1. The minimum Gasteiger partial charge on any atom is -0.462 e. The predicted molar refractivity (Wildman–Crippen MR) is 99.8 cm³/mol. The molecule has 6 heteroatoms. The molecule has 2 N–H and O–H groups in total. The number of hydrogen-bond acceptors (Lipinski definition) is 5. The molecule has 0 fully saturated rings. The first-order valence-electron chi connectivity index (χ1n) is 8.40. The zero-order valence-electron chi connectivity index (χ0n) is 15.8. The highest BCUT2D eigenvalue weighted by atomic mass is 16.5. The minimum absolute atomic E-state index is 0.0291. The molecule has 6 nitrogen and oxygen atoms in total. The second-order valence-electron chi connectivity index (χ2n) is 6.98. The van der Waals surface area contributed by atoms with E-state index in [4.69, 9.17) is 15.2 Å². The number of rotatable bonds is 4. The molecular formula is C20H24N2O4. The van der Waals surface area contributed by atoms with E-state index in [1.165, 1.54) is 0 Å². The number of amides is 1. The molecule has 1 heterocycles. The summed E-state index contributed by atoms with van der Waals surface area (Å²) >= 11 is 0. The molecule has 0 saturated carbocycles. The number of benzene rings is 1. The van der Waals surface area contributed by atoms with Crippen LogP contribution in [0, 0.1) is 12.3 Å². The molecule has 0 unspecified atom stereocenters. The van der Waals surface area contributed by atoms with Crippen LogP contribution in [-0.2, 0) is 19.1 Å². The van der Waals surface area contributed by atoms with Crippen LogP contribution in [0.15, 0.2) is 52.4 Å². The molecule has 0 radical (unpaired) electrons. The summed E-state index contributed by atoms with van der Waals surface area (Å²) in [5.74, 6) is -1.13. The third-order valence-electron chi connectivity index (χ3n) is 3.69. The fourth-order valence-corrected chi connectivity index (χ4v) is 2.28. The van der Waals surface area contributed by atoms with Crippen molar-refractivity contribution in [2.24, 2.45) is 16.1 Å². The molecule has 1 aromatic rings. The SMILES string of the molecule is CCOC(=O)/C(C(N)=O)=C1\OC(C(C)(C)C)=CC1=Nc1ccc(C)cc1. The third kappa shape index (κ3) is 4.39. The van der Waals surface area contributed by atoms with Gasteiger partial charge in [-0.05, 0) is 26.0 Å². The van der Waals surface area contributed by atoms with Gasteiger partial charge in [0.15, 0.2) is 11.3 Å². The van der Waals surface area contributed by atoms with Crippen molar-refractivity contribution in [1.82, 2.24) is 0 Å². The highest BCUT2D eigenvalue weighted by Gasteiger charge is 2.34. The molecule has 0 aromatic heterocycles. The lowest BCUT2D eigenvalue weighted by Crippen LogP contribution is -2.26. The van der Waals surface area contributed by atoms with Crippen LogP contribution in [0.25, 0.3) is 0 Å². The Bertz CT molecular complexity index is 809. The van der Waals surface area contributed by atoms with E-state index in [1.54, 1.807) is 13.0 Å². The molecule has 0 aliphatic carbocycles. The Morgan fingerprint density at radius 1 is 1.19 bits per heavy atom. The van der Waals surface area contributed by atoms with Crippen molar-refractivity contribution in [3.05, 3.63) is 53.0 Å². The molecule has 1 aliphatic rings. The van der Waals surface area contributed by atoms with E-state index in [1.807, 2.05) is 52.0 Å². The molecule has 1 amide bonds. The number of hydrogen-bond donors (Lipinski definition) is 1. The van der Waals surface area contributed by atoms with Gasteiger partial charge in [-0.3, -0.25) is 4.79 Å². The van der Waals surface area contributed by atoms with Gasteiger partial charge in [-0.25, -0.2) is 9.79 Å². The number of carbonyl (C=O) groups is 2. The van der Waals surface area contributed by atoms with E-state index < -0.39 is 11.9 Å². The van der Waals surface area contributed by atoms with Crippen LogP contribution in [0.1, 0.15) is 33.3 Å². The van der Waals surface area contributed by atoms with Crippen molar-refractivity contribution >= 4 is 23.3 Å². The number of nitrogens with zero attached hydrogens (tertiary/aromatic N) is 1. The number of esters is 1. The molecule has 26 heavy (non-hydrogen) atoms. The lowest BCUT2D eigenvalue weighted by Gasteiger charge is -2.19. The Balaban J connectivity index is 2.62. The van der Waals surface area contributed by atoms with E-state index in [2.05, 4.69) is 4.99 Å². The van der Waals surface area contributed by atoms with E-state index in [-0.39, 0.29) is 23.4 Å². The Morgan fingerprint density at radius 3 is 2.31 bits per heavy atom. The fourth-order valence-electron chi connectivity index (χ4n) is 2.28. The first-order chi connectivity index (χ1) is 12.1. The molecule has 138 valence electrons. The number of allylic oxidation sites excluding steroid dienone is 2. The summed E-state index contributed by atoms with van der Waals surface area (Å²) in [5, 5.41) is 0. The van der Waals surface area contributed by atoms with Gasteiger partial charge in [0.05, 0.1) is 12.3 Å². The van der Waals surface area contributed by atoms with Crippen LogP contribution in [0.5, 0.6) is 0 Å². The van der Waals surface area contributed by atoms with Gasteiger partial charge in [0.2, 0.25) is 0 Å². The van der Waals surface area contributed by atoms with E-state index >= 15 is 0 Å². The average molecular weight is 356 g/mol. The summed E-state index contributed by atoms with van der Waals surface area (Å²) in [4.78, 5) is 28.7. The standard InChI is InChI=1S/C20H24N2O4/c1-6-25-19(24)16(18(21)23)17-14(11-15(26-17)20(3,4)5)22-13-9-7-12(2)8-10-13/h7-11H,6H2,1-5H3,(H2,21,23)/b17-16-,22-14?. The maximum atomic E-state index is 12.2. The predicted octanol–water partition coefficient (Wildman–Crippen LogP) is 3.33. The number of carbonyl (C=O) groups excluding carboxylic acids is 2. The Labute approximate surface area is 153 Å². The maximum absolute atomic E-state index is 12.2. The normalized spacial score (nSPS) is 17.6. The lowest BCUT2D eigenvalue weighted by molar-refractivity contribution is -0.140. The van der Waals surface area contributed by atoms with Crippen molar-refractivity contribution in [3.8, 4) is 0 Å². The highest BCUT2D eigenvalue weighted by molar-refractivity contribution is 6.24. The summed E-state index contributed by atoms with van der Waals surface area (Å²) in [6, 6.07) is 7.54. The van der Waals surface area contributed by atoms with Crippen LogP contribution >= 0.6 is 0 Å². The molecule has 1 aromatic carbocycles. The highest BCUT2D eigenvalue weighted by Crippen LogP contribution is 2.35. The van der Waals surface area contributed by atoms with Crippen molar-refractivity contribution in [2.45, 2.75) is 34.6 Å².